The average molecular weight is 346 g/mol. The van der Waals surface area contributed by atoms with Crippen molar-refractivity contribution in [1.82, 2.24) is 0 Å². The molecule has 0 heterocycles. The summed E-state index contributed by atoms with van der Waals surface area (Å²) in [4.78, 5) is 28.2. The van der Waals surface area contributed by atoms with Gasteiger partial charge in [0.25, 0.3) is 0 Å². The highest BCUT2D eigenvalue weighted by Gasteiger charge is 2.25. The molecule has 1 aliphatic carbocycles. The maximum absolute atomic E-state index is 12.2. The van der Waals surface area contributed by atoms with Gasteiger partial charge in [-0.05, 0) is 43.5 Å². The van der Waals surface area contributed by atoms with Gasteiger partial charge < -0.3 is 10.4 Å². The molecule has 2 rings (SSSR count). The zero-order chi connectivity index (χ0) is 17.7. The minimum Gasteiger partial charge on any atom is -0.511 e. The largest absolute Gasteiger partial charge is 0.511 e. The molecule has 24 heavy (non-hydrogen) atoms. The van der Waals surface area contributed by atoms with Crippen molar-refractivity contribution in [3.63, 3.8) is 0 Å². The Morgan fingerprint density at radius 2 is 1.92 bits per heavy atom. The van der Waals surface area contributed by atoms with E-state index >= 15 is 0 Å². The van der Waals surface area contributed by atoms with Gasteiger partial charge in [0.1, 0.15) is 10.8 Å². The topological polar surface area (TPSA) is 78.8 Å². The SMILES string of the molecule is CN=C(SCC(=O)Nc1cc(C)cc(C)c1)C1=C(O)CCCC1=O. The number of carbonyl (C=O) groups excluding carboxylic acids is 2. The van der Waals surface area contributed by atoms with Crippen LogP contribution in [0.5, 0.6) is 0 Å². The van der Waals surface area contributed by atoms with E-state index in [4.69, 9.17) is 0 Å². The van der Waals surface area contributed by atoms with Crippen molar-refractivity contribution < 1.29 is 14.7 Å². The number of hydrogen-bond donors (Lipinski definition) is 2. The number of ketones is 1. The predicted molar refractivity (Wildman–Crippen MR) is 98.9 cm³/mol. The molecule has 0 radical (unpaired) electrons. The lowest BCUT2D eigenvalue weighted by Crippen LogP contribution is -2.20. The number of allylic oxidation sites excluding steroid dienone is 1. The van der Waals surface area contributed by atoms with Crippen molar-refractivity contribution >= 4 is 34.2 Å². The van der Waals surface area contributed by atoms with Crippen LogP contribution in [0.3, 0.4) is 0 Å². The molecule has 0 aromatic heterocycles. The van der Waals surface area contributed by atoms with Crippen molar-refractivity contribution in [3.8, 4) is 0 Å². The van der Waals surface area contributed by atoms with E-state index in [2.05, 4.69) is 10.3 Å². The summed E-state index contributed by atoms with van der Waals surface area (Å²) in [6.45, 7) is 3.95. The van der Waals surface area contributed by atoms with E-state index in [9.17, 15) is 14.7 Å². The third kappa shape index (κ3) is 4.71. The summed E-state index contributed by atoms with van der Waals surface area (Å²) in [5.41, 5.74) is 3.19. The molecule has 0 spiro atoms. The molecule has 0 unspecified atom stereocenters. The number of anilines is 1. The Morgan fingerprint density at radius 3 is 2.50 bits per heavy atom. The van der Waals surface area contributed by atoms with Crippen molar-refractivity contribution in [2.24, 2.45) is 4.99 Å². The van der Waals surface area contributed by atoms with Crippen molar-refractivity contribution in [2.45, 2.75) is 33.1 Å². The first-order chi connectivity index (χ1) is 11.4. The summed E-state index contributed by atoms with van der Waals surface area (Å²) in [7, 11) is 1.56. The molecule has 0 atom stereocenters. The summed E-state index contributed by atoms with van der Waals surface area (Å²) >= 11 is 1.17. The number of Topliss-reactive ketones (excluding diaryl/α,β-unsaturated/α-hetero) is 1. The molecule has 128 valence electrons. The second-order valence-corrected chi connectivity index (χ2v) is 6.80. The highest BCUT2D eigenvalue weighted by molar-refractivity contribution is 8.15. The molecule has 1 amide bonds. The van der Waals surface area contributed by atoms with Crippen molar-refractivity contribution in [1.29, 1.82) is 0 Å². The quantitative estimate of drug-likeness (QED) is 0.645. The fraction of sp³-hybridized carbons (Fsp3) is 0.389. The smallest absolute Gasteiger partial charge is 0.234 e. The molecule has 0 saturated carbocycles. The van der Waals surface area contributed by atoms with E-state index in [1.165, 1.54) is 11.8 Å². The van der Waals surface area contributed by atoms with Crippen LogP contribution < -0.4 is 5.32 Å². The molecular weight excluding hydrogens is 324 g/mol. The standard InChI is InChI=1S/C18H22N2O3S/c1-11-7-12(2)9-13(8-11)20-16(23)10-24-18(19-3)17-14(21)5-4-6-15(17)22/h7-9,21H,4-6,10H2,1-3H3,(H,20,23). The van der Waals surface area contributed by atoms with Crippen LogP contribution in [0.2, 0.25) is 0 Å². The first-order valence-corrected chi connectivity index (χ1v) is 8.82. The maximum Gasteiger partial charge on any atom is 0.234 e. The summed E-state index contributed by atoms with van der Waals surface area (Å²) < 4.78 is 0. The normalized spacial score (nSPS) is 15.6. The highest BCUT2D eigenvalue weighted by Crippen LogP contribution is 2.25. The Kier molecular flexibility index (Phi) is 6.20. The lowest BCUT2D eigenvalue weighted by Gasteiger charge is -2.16. The first-order valence-electron chi connectivity index (χ1n) is 7.84. The van der Waals surface area contributed by atoms with E-state index in [1.54, 1.807) is 7.05 Å². The number of nitrogens with zero attached hydrogens (tertiary/aromatic N) is 1. The summed E-state index contributed by atoms with van der Waals surface area (Å²) in [6.07, 6.45) is 1.55. The summed E-state index contributed by atoms with van der Waals surface area (Å²) in [6, 6.07) is 5.85. The molecule has 1 aromatic rings. The van der Waals surface area contributed by atoms with Gasteiger partial charge in [-0.1, -0.05) is 17.8 Å². The number of aliphatic imine (C=N–C) groups is 1. The van der Waals surface area contributed by atoms with Crippen LogP contribution in [-0.4, -0.2) is 34.6 Å². The minimum absolute atomic E-state index is 0.0778. The Labute approximate surface area is 146 Å². The molecule has 2 N–H and O–H groups in total. The van der Waals surface area contributed by atoms with Gasteiger partial charge in [0.05, 0.1) is 11.3 Å². The van der Waals surface area contributed by atoms with Gasteiger partial charge in [-0.2, -0.15) is 0 Å². The van der Waals surface area contributed by atoms with Crippen LogP contribution in [0.4, 0.5) is 5.69 Å². The van der Waals surface area contributed by atoms with E-state index in [0.717, 1.165) is 16.8 Å². The van der Waals surface area contributed by atoms with Crippen LogP contribution in [0, 0.1) is 13.8 Å². The number of aliphatic hydroxyl groups excluding tert-OH is 1. The number of carbonyl (C=O) groups is 2. The second kappa shape index (κ2) is 8.15. The maximum atomic E-state index is 12.2. The van der Waals surface area contributed by atoms with Gasteiger partial charge in [0.2, 0.25) is 5.91 Å². The Hall–Kier alpha value is -2.08. The highest BCUT2D eigenvalue weighted by atomic mass is 32.2. The number of benzene rings is 1. The van der Waals surface area contributed by atoms with Crippen LogP contribution in [-0.2, 0) is 9.59 Å². The Balaban J connectivity index is 2.00. The van der Waals surface area contributed by atoms with Gasteiger partial charge in [-0.15, -0.1) is 0 Å². The van der Waals surface area contributed by atoms with Crippen LogP contribution in [0.25, 0.3) is 0 Å². The number of aryl methyl sites for hydroxylation is 2. The van der Waals surface area contributed by atoms with E-state index in [0.29, 0.717) is 24.3 Å². The molecule has 1 aliphatic rings. The molecule has 0 fully saturated rings. The molecule has 0 aliphatic heterocycles. The first kappa shape index (κ1) is 18.3. The predicted octanol–water partition coefficient (Wildman–Crippen LogP) is 3.57. The number of rotatable bonds is 4. The Morgan fingerprint density at radius 1 is 1.25 bits per heavy atom. The van der Waals surface area contributed by atoms with Gasteiger partial charge in [-0.25, -0.2) is 0 Å². The monoisotopic (exact) mass is 346 g/mol. The number of aliphatic hydroxyl groups is 1. The summed E-state index contributed by atoms with van der Waals surface area (Å²) in [5, 5.41) is 13.2. The molecule has 5 nitrogen and oxygen atoms in total. The average Bonchev–Trinajstić information content (AvgIpc) is 2.49. The fourth-order valence-electron chi connectivity index (χ4n) is 2.70. The van der Waals surface area contributed by atoms with Crippen molar-refractivity contribution in [2.75, 3.05) is 18.1 Å². The number of nitrogens with one attached hydrogen (secondary N) is 1. The Bertz CT molecular complexity index is 703. The van der Waals surface area contributed by atoms with Crippen LogP contribution >= 0.6 is 11.8 Å². The lowest BCUT2D eigenvalue weighted by molar-refractivity contribution is -0.116. The third-order valence-corrected chi connectivity index (χ3v) is 4.71. The third-order valence-electron chi connectivity index (χ3n) is 3.65. The molecule has 1 aromatic carbocycles. The number of hydrogen-bond acceptors (Lipinski definition) is 5. The van der Waals surface area contributed by atoms with Crippen LogP contribution in [0.15, 0.2) is 34.5 Å². The molecule has 0 bridgehead atoms. The van der Waals surface area contributed by atoms with Gasteiger partial charge in [0.15, 0.2) is 5.78 Å². The van der Waals surface area contributed by atoms with Gasteiger partial charge >= 0.3 is 0 Å². The van der Waals surface area contributed by atoms with Gasteiger partial charge in [-0.3, -0.25) is 14.6 Å². The number of amides is 1. The lowest BCUT2D eigenvalue weighted by atomic mass is 9.97. The molecule has 6 heteroatoms. The zero-order valence-corrected chi connectivity index (χ0v) is 15.0. The van der Waals surface area contributed by atoms with E-state index in [1.807, 2.05) is 32.0 Å². The molecule has 0 saturated heterocycles. The minimum atomic E-state index is -0.172. The van der Waals surface area contributed by atoms with Crippen molar-refractivity contribution in [3.05, 3.63) is 40.7 Å². The molecular formula is C18H22N2O3S. The fourth-order valence-corrected chi connectivity index (χ4v) is 3.54. The van der Waals surface area contributed by atoms with E-state index in [-0.39, 0.29) is 28.8 Å². The van der Waals surface area contributed by atoms with E-state index < -0.39 is 0 Å². The van der Waals surface area contributed by atoms with Crippen LogP contribution in [0.1, 0.15) is 30.4 Å². The summed E-state index contributed by atoms with van der Waals surface area (Å²) in [5.74, 6) is -0.0749. The second-order valence-electron chi connectivity index (χ2n) is 5.84. The number of thioether (sulfide) groups is 1. The zero-order valence-electron chi connectivity index (χ0n) is 14.2. The van der Waals surface area contributed by atoms with Gasteiger partial charge in [0, 0.05) is 25.6 Å².